The van der Waals surface area contributed by atoms with E-state index in [2.05, 4.69) is 13.8 Å². The summed E-state index contributed by atoms with van der Waals surface area (Å²) in [6.45, 7) is 4.71. The number of aliphatic carboxylic acids is 1. The molecule has 5 heteroatoms. The quantitative estimate of drug-likeness (QED) is 0.453. The number of nitrogens with two attached hydrogens (primary N) is 1. The monoisotopic (exact) mass is 341 g/mol. The van der Waals surface area contributed by atoms with Gasteiger partial charge in [0.2, 0.25) is 0 Å². The number of hydrogen-bond acceptors (Lipinski definition) is 4. The second kappa shape index (κ2) is 8.24. The van der Waals surface area contributed by atoms with Gasteiger partial charge in [0.1, 0.15) is 0 Å². The Morgan fingerprint density at radius 1 is 1.16 bits per heavy atom. The van der Waals surface area contributed by atoms with E-state index in [0.29, 0.717) is 40.8 Å². The smallest absolute Gasteiger partial charge is 0.336 e. The molecular weight excluding hydrogens is 318 g/mol. The second-order valence-corrected chi connectivity index (χ2v) is 6.10. The van der Waals surface area contributed by atoms with Crippen LogP contribution in [0.4, 0.5) is 5.69 Å². The topological polar surface area (TPSA) is 81.8 Å². The minimum Gasteiger partial charge on any atom is -0.493 e. The van der Waals surface area contributed by atoms with Crippen molar-refractivity contribution in [2.24, 2.45) is 5.92 Å². The van der Waals surface area contributed by atoms with Crippen LogP contribution in [-0.4, -0.2) is 24.8 Å². The largest absolute Gasteiger partial charge is 0.493 e. The van der Waals surface area contributed by atoms with Gasteiger partial charge in [-0.1, -0.05) is 32.0 Å². The maximum Gasteiger partial charge on any atom is 0.336 e. The van der Waals surface area contributed by atoms with E-state index in [1.54, 1.807) is 55.7 Å². The van der Waals surface area contributed by atoms with Gasteiger partial charge in [-0.2, -0.15) is 0 Å². The third kappa shape index (κ3) is 5.01. The summed E-state index contributed by atoms with van der Waals surface area (Å²) in [5.41, 5.74) is 7.72. The number of methoxy groups -OCH3 is 1. The number of ether oxygens (including phenoxy) is 2. The van der Waals surface area contributed by atoms with Crippen molar-refractivity contribution in [3.8, 4) is 11.5 Å². The van der Waals surface area contributed by atoms with Gasteiger partial charge in [-0.3, -0.25) is 0 Å². The van der Waals surface area contributed by atoms with Crippen molar-refractivity contribution in [3.05, 3.63) is 53.6 Å². The number of benzene rings is 2. The van der Waals surface area contributed by atoms with Crippen LogP contribution in [0.15, 0.2) is 42.5 Å². The standard InChI is InChI=1S/C20H23NO4/c1-13(2)12-25-18-9-4-14(11-19(18)24-3)10-17(20(22)23)15-5-7-16(21)8-6-15/h4-11,13H,12,21H2,1-3H3,(H,22,23)/b17-10-. The number of carbonyl (C=O) groups is 1. The zero-order valence-electron chi connectivity index (χ0n) is 14.7. The van der Waals surface area contributed by atoms with Gasteiger partial charge in [-0.15, -0.1) is 0 Å². The van der Waals surface area contributed by atoms with E-state index in [1.165, 1.54) is 0 Å². The molecule has 0 aliphatic rings. The molecule has 0 atom stereocenters. The number of hydrogen-bond donors (Lipinski definition) is 2. The van der Waals surface area contributed by atoms with Crippen LogP contribution >= 0.6 is 0 Å². The lowest BCUT2D eigenvalue weighted by molar-refractivity contribution is -0.130. The van der Waals surface area contributed by atoms with E-state index in [1.807, 2.05) is 0 Å². The molecule has 0 saturated heterocycles. The molecule has 25 heavy (non-hydrogen) atoms. The average Bonchev–Trinajstić information content (AvgIpc) is 2.58. The number of carboxylic acid groups (broad SMARTS) is 1. The lowest BCUT2D eigenvalue weighted by Crippen LogP contribution is -2.05. The van der Waals surface area contributed by atoms with Gasteiger partial charge in [-0.05, 0) is 47.4 Å². The molecule has 0 aliphatic carbocycles. The number of rotatable bonds is 7. The molecule has 2 aromatic rings. The maximum atomic E-state index is 11.6. The highest BCUT2D eigenvalue weighted by Gasteiger charge is 2.12. The summed E-state index contributed by atoms with van der Waals surface area (Å²) in [6, 6.07) is 12.1. The fourth-order valence-electron chi connectivity index (χ4n) is 2.25. The Morgan fingerprint density at radius 2 is 1.84 bits per heavy atom. The summed E-state index contributed by atoms with van der Waals surface area (Å²) in [7, 11) is 1.56. The van der Waals surface area contributed by atoms with E-state index in [-0.39, 0.29) is 5.57 Å². The average molecular weight is 341 g/mol. The van der Waals surface area contributed by atoms with Crippen LogP contribution < -0.4 is 15.2 Å². The maximum absolute atomic E-state index is 11.6. The van der Waals surface area contributed by atoms with Crippen molar-refractivity contribution in [2.75, 3.05) is 19.5 Å². The molecule has 0 aliphatic heterocycles. The first-order chi connectivity index (χ1) is 11.9. The highest BCUT2D eigenvalue weighted by molar-refractivity contribution is 6.20. The Hall–Kier alpha value is -2.95. The molecule has 5 nitrogen and oxygen atoms in total. The zero-order valence-corrected chi connectivity index (χ0v) is 14.7. The third-order valence-electron chi connectivity index (χ3n) is 3.52. The Morgan fingerprint density at radius 3 is 2.40 bits per heavy atom. The molecule has 0 heterocycles. The van der Waals surface area contributed by atoms with Crippen LogP contribution in [-0.2, 0) is 4.79 Å². The first kappa shape index (κ1) is 18.4. The molecule has 2 rings (SSSR count). The molecule has 0 radical (unpaired) electrons. The van der Waals surface area contributed by atoms with Gasteiger partial charge in [0, 0.05) is 5.69 Å². The van der Waals surface area contributed by atoms with Gasteiger partial charge >= 0.3 is 5.97 Å². The van der Waals surface area contributed by atoms with E-state index in [0.717, 1.165) is 0 Å². The summed E-state index contributed by atoms with van der Waals surface area (Å²) >= 11 is 0. The normalized spacial score (nSPS) is 11.4. The van der Waals surface area contributed by atoms with Crippen LogP contribution in [0.5, 0.6) is 11.5 Å². The number of anilines is 1. The molecular formula is C20H23NO4. The molecule has 0 saturated carbocycles. The van der Waals surface area contributed by atoms with Crippen LogP contribution in [0.1, 0.15) is 25.0 Å². The number of carboxylic acids is 1. The summed E-state index contributed by atoms with van der Waals surface area (Å²) in [5, 5.41) is 9.53. The summed E-state index contributed by atoms with van der Waals surface area (Å²) in [6.07, 6.45) is 1.60. The van der Waals surface area contributed by atoms with Gasteiger partial charge < -0.3 is 20.3 Å². The van der Waals surface area contributed by atoms with Crippen LogP contribution in [0.25, 0.3) is 11.6 Å². The van der Waals surface area contributed by atoms with Gasteiger partial charge in [0.25, 0.3) is 0 Å². The Balaban J connectivity index is 2.36. The fraction of sp³-hybridized carbons (Fsp3) is 0.250. The van der Waals surface area contributed by atoms with Gasteiger partial charge in [0.05, 0.1) is 19.3 Å². The van der Waals surface area contributed by atoms with Crippen molar-refractivity contribution >= 4 is 23.3 Å². The molecule has 2 aromatic carbocycles. The van der Waals surface area contributed by atoms with Gasteiger partial charge in [-0.25, -0.2) is 4.79 Å². The number of nitrogen functional groups attached to an aromatic ring is 1. The van der Waals surface area contributed by atoms with Crippen molar-refractivity contribution in [2.45, 2.75) is 13.8 Å². The molecule has 0 aromatic heterocycles. The minimum absolute atomic E-state index is 0.179. The Kier molecular flexibility index (Phi) is 6.06. The fourth-order valence-corrected chi connectivity index (χ4v) is 2.25. The molecule has 132 valence electrons. The predicted molar refractivity (Wildman–Crippen MR) is 99.7 cm³/mol. The lowest BCUT2D eigenvalue weighted by Gasteiger charge is -2.13. The van der Waals surface area contributed by atoms with Crippen molar-refractivity contribution in [1.29, 1.82) is 0 Å². The summed E-state index contributed by atoms with van der Waals surface area (Å²) in [4.78, 5) is 11.6. The molecule has 0 fully saturated rings. The van der Waals surface area contributed by atoms with E-state index in [4.69, 9.17) is 15.2 Å². The van der Waals surface area contributed by atoms with Crippen molar-refractivity contribution in [1.82, 2.24) is 0 Å². The predicted octanol–water partition coefficient (Wildman–Crippen LogP) is 3.94. The third-order valence-corrected chi connectivity index (χ3v) is 3.52. The molecule has 0 bridgehead atoms. The van der Waals surface area contributed by atoms with Crippen LogP contribution in [0, 0.1) is 5.92 Å². The second-order valence-electron chi connectivity index (χ2n) is 6.10. The highest BCUT2D eigenvalue weighted by atomic mass is 16.5. The van der Waals surface area contributed by atoms with Crippen LogP contribution in [0.3, 0.4) is 0 Å². The molecule has 0 amide bonds. The lowest BCUT2D eigenvalue weighted by atomic mass is 10.0. The van der Waals surface area contributed by atoms with Crippen molar-refractivity contribution in [3.63, 3.8) is 0 Å². The first-order valence-electron chi connectivity index (χ1n) is 8.02. The Bertz CT molecular complexity index is 764. The van der Waals surface area contributed by atoms with E-state index in [9.17, 15) is 9.90 Å². The molecule has 3 N–H and O–H groups in total. The van der Waals surface area contributed by atoms with Crippen LogP contribution in [0.2, 0.25) is 0 Å². The molecule has 0 spiro atoms. The van der Waals surface area contributed by atoms with E-state index < -0.39 is 5.97 Å². The summed E-state index contributed by atoms with van der Waals surface area (Å²) in [5.74, 6) is 0.589. The highest BCUT2D eigenvalue weighted by Crippen LogP contribution is 2.30. The zero-order chi connectivity index (χ0) is 18.4. The first-order valence-corrected chi connectivity index (χ1v) is 8.02. The minimum atomic E-state index is -1.01. The van der Waals surface area contributed by atoms with Crippen molar-refractivity contribution < 1.29 is 19.4 Å². The SMILES string of the molecule is COc1cc(/C=C(\C(=O)O)c2ccc(N)cc2)ccc1OCC(C)C. The van der Waals surface area contributed by atoms with E-state index >= 15 is 0 Å². The molecule has 0 unspecified atom stereocenters. The Labute approximate surface area is 147 Å². The summed E-state index contributed by atoms with van der Waals surface area (Å²) < 4.78 is 11.1. The van der Waals surface area contributed by atoms with Gasteiger partial charge in [0.15, 0.2) is 11.5 Å².